The number of carbonyl (C=O) groups is 1. The number of anilines is 1. The molecule has 0 aliphatic carbocycles. The largest absolute Gasteiger partial charge is 0.504 e. The van der Waals surface area contributed by atoms with Gasteiger partial charge in [0.15, 0.2) is 17.2 Å². The molecule has 0 spiro atoms. The van der Waals surface area contributed by atoms with Gasteiger partial charge in [0.05, 0.1) is 0 Å². The van der Waals surface area contributed by atoms with Crippen LogP contribution in [0.25, 0.3) is 0 Å². The molecule has 0 heterocycles. The molecule has 0 radical (unpaired) electrons. The first kappa shape index (κ1) is 13.0. The molecule has 19 heavy (non-hydrogen) atoms. The molecule has 0 saturated heterocycles. The van der Waals surface area contributed by atoms with Crippen molar-refractivity contribution in [1.29, 1.82) is 0 Å². The number of aromatic hydroxyl groups is 3. The van der Waals surface area contributed by atoms with Crippen molar-refractivity contribution in [2.24, 2.45) is 0 Å². The van der Waals surface area contributed by atoms with Gasteiger partial charge in [-0.2, -0.15) is 0 Å². The Morgan fingerprint density at radius 1 is 1.00 bits per heavy atom. The quantitative estimate of drug-likeness (QED) is 0.636. The lowest BCUT2D eigenvalue weighted by Gasteiger charge is -2.07. The van der Waals surface area contributed by atoms with Gasteiger partial charge in [-0.05, 0) is 36.4 Å². The van der Waals surface area contributed by atoms with E-state index in [0.29, 0.717) is 10.7 Å². The summed E-state index contributed by atoms with van der Waals surface area (Å²) in [6, 6.07) is 8.56. The van der Waals surface area contributed by atoms with Crippen molar-refractivity contribution in [1.82, 2.24) is 0 Å². The number of nitrogens with one attached hydrogen (secondary N) is 1. The van der Waals surface area contributed by atoms with Gasteiger partial charge in [-0.3, -0.25) is 4.79 Å². The molecule has 2 aromatic carbocycles. The first-order valence-electron chi connectivity index (χ1n) is 5.29. The highest BCUT2D eigenvalue weighted by Crippen LogP contribution is 2.35. The van der Waals surface area contributed by atoms with E-state index in [1.165, 1.54) is 0 Å². The maximum atomic E-state index is 11.9. The Morgan fingerprint density at radius 3 is 2.05 bits per heavy atom. The Morgan fingerprint density at radius 2 is 1.53 bits per heavy atom. The molecule has 0 unspecified atom stereocenters. The zero-order valence-electron chi connectivity index (χ0n) is 9.59. The maximum absolute atomic E-state index is 11.9. The summed E-state index contributed by atoms with van der Waals surface area (Å²) in [7, 11) is 0. The molecule has 0 saturated carbocycles. The van der Waals surface area contributed by atoms with Gasteiger partial charge in [0, 0.05) is 16.3 Å². The smallest absolute Gasteiger partial charge is 0.255 e. The molecule has 98 valence electrons. The molecule has 0 aliphatic heterocycles. The normalized spacial score (nSPS) is 10.2. The zero-order valence-corrected chi connectivity index (χ0v) is 10.3. The Balaban J connectivity index is 2.23. The average Bonchev–Trinajstić information content (AvgIpc) is 2.38. The fourth-order valence-corrected chi connectivity index (χ4v) is 1.60. The standard InChI is InChI=1S/C13H10ClNO4/c14-8-1-3-9(4-2-8)15-13(19)7-5-10(16)12(18)11(17)6-7/h1-6,16-18H,(H,15,19). The zero-order chi connectivity index (χ0) is 14.0. The number of hydrogen-bond donors (Lipinski definition) is 4. The molecule has 5 nitrogen and oxygen atoms in total. The van der Waals surface area contributed by atoms with Crippen molar-refractivity contribution in [2.75, 3.05) is 5.32 Å². The van der Waals surface area contributed by atoms with E-state index in [1.807, 2.05) is 0 Å². The van der Waals surface area contributed by atoms with Gasteiger partial charge in [0.25, 0.3) is 5.91 Å². The second-order valence-electron chi connectivity index (χ2n) is 3.82. The van der Waals surface area contributed by atoms with Crippen LogP contribution >= 0.6 is 11.6 Å². The van der Waals surface area contributed by atoms with Gasteiger partial charge in [0.2, 0.25) is 0 Å². The number of benzene rings is 2. The highest BCUT2D eigenvalue weighted by Gasteiger charge is 2.13. The van der Waals surface area contributed by atoms with Gasteiger partial charge in [-0.15, -0.1) is 0 Å². The number of amides is 1. The minimum absolute atomic E-state index is 0.0164. The van der Waals surface area contributed by atoms with Crippen LogP contribution in [0.3, 0.4) is 0 Å². The molecule has 0 atom stereocenters. The fraction of sp³-hybridized carbons (Fsp3) is 0. The lowest BCUT2D eigenvalue weighted by atomic mass is 10.1. The van der Waals surface area contributed by atoms with E-state index in [-0.39, 0.29) is 5.56 Å². The topological polar surface area (TPSA) is 89.8 Å². The van der Waals surface area contributed by atoms with Crippen LogP contribution in [0.4, 0.5) is 5.69 Å². The SMILES string of the molecule is O=C(Nc1ccc(Cl)cc1)c1cc(O)c(O)c(O)c1. The Bertz CT molecular complexity index is 602. The van der Waals surface area contributed by atoms with Crippen molar-refractivity contribution in [2.45, 2.75) is 0 Å². The summed E-state index contributed by atoms with van der Waals surface area (Å²) in [4.78, 5) is 11.9. The Kier molecular flexibility index (Phi) is 3.48. The summed E-state index contributed by atoms with van der Waals surface area (Å²) >= 11 is 5.72. The highest BCUT2D eigenvalue weighted by molar-refractivity contribution is 6.30. The predicted octanol–water partition coefficient (Wildman–Crippen LogP) is 2.71. The van der Waals surface area contributed by atoms with Crippen LogP contribution in [0.15, 0.2) is 36.4 Å². The van der Waals surface area contributed by atoms with E-state index in [1.54, 1.807) is 24.3 Å². The van der Waals surface area contributed by atoms with Gasteiger partial charge in [0.1, 0.15) is 0 Å². The van der Waals surface area contributed by atoms with Crippen LogP contribution in [0.5, 0.6) is 17.2 Å². The lowest BCUT2D eigenvalue weighted by Crippen LogP contribution is -2.11. The van der Waals surface area contributed by atoms with E-state index >= 15 is 0 Å². The summed E-state index contributed by atoms with van der Waals surface area (Å²) in [5.41, 5.74) is 0.532. The van der Waals surface area contributed by atoms with Gasteiger partial charge < -0.3 is 20.6 Å². The van der Waals surface area contributed by atoms with Crippen molar-refractivity contribution in [3.05, 3.63) is 47.0 Å². The summed E-state index contributed by atoms with van der Waals surface area (Å²) in [6.45, 7) is 0. The summed E-state index contributed by atoms with van der Waals surface area (Å²) in [5, 5.41) is 30.9. The first-order chi connectivity index (χ1) is 8.97. The number of halogens is 1. The van der Waals surface area contributed by atoms with Gasteiger partial charge in [-0.25, -0.2) is 0 Å². The van der Waals surface area contributed by atoms with Crippen LogP contribution < -0.4 is 5.32 Å². The first-order valence-corrected chi connectivity index (χ1v) is 5.67. The maximum Gasteiger partial charge on any atom is 0.255 e. The molecule has 1 amide bonds. The van der Waals surface area contributed by atoms with E-state index in [0.717, 1.165) is 12.1 Å². The third kappa shape index (κ3) is 2.89. The molecule has 2 rings (SSSR count). The van der Waals surface area contributed by atoms with Crippen molar-refractivity contribution in [3.8, 4) is 17.2 Å². The Hall–Kier alpha value is -2.40. The molecule has 2 aromatic rings. The molecule has 0 aliphatic rings. The van der Waals surface area contributed by atoms with E-state index in [4.69, 9.17) is 11.6 Å². The van der Waals surface area contributed by atoms with Crippen LogP contribution in [0.1, 0.15) is 10.4 Å². The van der Waals surface area contributed by atoms with E-state index in [9.17, 15) is 20.1 Å². The number of phenolic OH excluding ortho intramolecular Hbond substituents is 3. The molecule has 0 aromatic heterocycles. The minimum Gasteiger partial charge on any atom is -0.504 e. The summed E-state index contributed by atoms with van der Waals surface area (Å²) in [6.07, 6.45) is 0. The van der Waals surface area contributed by atoms with E-state index in [2.05, 4.69) is 5.32 Å². The molecular formula is C13H10ClNO4. The van der Waals surface area contributed by atoms with Crippen molar-refractivity contribution >= 4 is 23.2 Å². The van der Waals surface area contributed by atoms with Gasteiger partial charge in [-0.1, -0.05) is 11.6 Å². The molecule has 4 N–H and O–H groups in total. The van der Waals surface area contributed by atoms with Crippen LogP contribution in [-0.4, -0.2) is 21.2 Å². The number of carbonyl (C=O) groups excluding carboxylic acids is 1. The summed E-state index contributed by atoms with van der Waals surface area (Å²) in [5.74, 6) is -2.33. The molecule has 0 fully saturated rings. The van der Waals surface area contributed by atoms with Gasteiger partial charge >= 0.3 is 0 Å². The third-order valence-electron chi connectivity index (χ3n) is 2.43. The Labute approximate surface area is 113 Å². The monoisotopic (exact) mass is 279 g/mol. The summed E-state index contributed by atoms with van der Waals surface area (Å²) < 4.78 is 0. The minimum atomic E-state index is -0.664. The third-order valence-corrected chi connectivity index (χ3v) is 2.69. The van der Waals surface area contributed by atoms with E-state index < -0.39 is 23.2 Å². The molecule has 6 heteroatoms. The lowest BCUT2D eigenvalue weighted by molar-refractivity contribution is 0.102. The average molecular weight is 280 g/mol. The molecular weight excluding hydrogens is 270 g/mol. The molecule has 0 bridgehead atoms. The highest BCUT2D eigenvalue weighted by atomic mass is 35.5. The number of rotatable bonds is 2. The second-order valence-corrected chi connectivity index (χ2v) is 4.26. The number of hydrogen-bond acceptors (Lipinski definition) is 4. The van der Waals surface area contributed by atoms with Crippen LogP contribution in [0.2, 0.25) is 5.02 Å². The van der Waals surface area contributed by atoms with Crippen LogP contribution in [0, 0.1) is 0 Å². The van der Waals surface area contributed by atoms with Crippen molar-refractivity contribution < 1.29 is 20.1 Å². The second kappa shape index (κ2) is 5.07. The number of phenols is 3. The van der Waals surface area contributed by atoms with Crippen LogP contribution in [-0.2, 0) is 0 Å². The fourth-order valence-electron chi connectivity index (χ4n) is 1.47. The predicted molar refractivity (Wildman–Crippen MR) is 70.8 cm³/mol. The van der Waals surface area contributed by atoms with Crippen molar-refractivity contribution in [3.63, 3.8) is 0 Å².